The maximum atomic E-state index is 11.4. The summed E-state index contributed by atoms with van der Waals surface area (Å²) in [5.41, 5.74) is 2.46. The number of amides is 1. The van der Waals surface area contributed by atoms with E-state index in [0.717, 1.165) is 31.4 Å². The standard InChI is InChI=1S/C13H19NO/c15-13-10-6-5-9-12(14-13)11-7-3-1-2-4-8-11/h7H,1-6,8-10H2. The van der Waals surface area contributed by atoms with Crippen LogP contribution in [-0.2, 0) is 4.79 Å². The highest BCUT2D eigenvalue weighted by molar-refractivity contribution is 6.06. The molecule has 0 aromatic carbocycles. The van der Waals surface area contributed by atoms with Gasteiger partial charge >= 0.3 is 0 Å². The summed E-state index contributed by atoms with van der Waals surface area (Å²) in [5.74, 6) is 0.0904. The third-order valence-corrected chi connectivity index (χ3v) is 3.23. The van der Waals surface area contributed by atoms with Crippen LogP contribution < -0.4 is 0 Å². The Morgan fingerprint density at radius 2 is 1.73 bits per heavy atom. The van der Waals surface area contributed by atoms with Crippen LogP contribution in [0.25, 0.3) is 0 Å². The van der Waals surface area contributed by atoms with Crippen LogP contribution in [0.15, 0.2) is 16.6 Å². The van der Waals surface area contributed by atoms with Gasteiger partial charge in [-0.2, -0.15) is 0 Å². The molecule has 0 fully saturated rings. The topological polar surface area (TPSA) is 29.4 Å². The third kappa shape index (κ3) is 3.01. The Hall–Kier alpha value is -0.920. The highest BCUT2D eigenvalue weighted by Gasteiger charge is 2.14. The van der Waals surface area contributed by atoms with E-state index < -0.39 is 0 Å². The molecule has 1 aliphatic carbocycles. The second-order valence-electron chi connectivity index (χ2n) is 4.49. The summed E-state index contributed by atoms with van der Waals surface area (Å²) in [4.78, 5) is 15.7. The van der Waals surface area contributed by atoms with Crippen molar-refractivity contribution in [2.24, 2.45) is 4.99 Å². The average Bonchev–Trinajstić information content (AvgIpc) is 2.59. The van der Waals surface area contributed by atoms with Crippen molar-refractivity contribution in [3.8, 4) is 0 Å². The summed E-state index contributed by atoms with van der Waals surface area (Å²) < 4.78 is 0. The molecule has 82 valence electrons. The van der Waals surface area contributed by atoms with E-state index in [1.807, 2.05) is 0 Å². The molecule has 0 saturated carbocycles. The van der Waals surface area contributed by atoms with Gasteiger partial charge in [0.15, 0.2) is 0 Å². The summed E-state index contributed by atoms with van der Waals surface area (Å²) in [6.45, 7) is 0. The zero-order valence-electron chi connectivity index (χ0n) is 9.30. The molecule has 2 nitrogen and oxygen atoms in total. The maximum absolute atomic E-state index is 11.4. The molecular weight excluding hydrogens is 186 g/mol. The van der Waals surface area contributed by atoms with Gasteiger partial charge in [0.1, 0.15) is 0 Å². The predicted octanol–water partition coefficient (Wildman–Crippen LogP) is 3.42. The van der Waals surface area contributed by atoms with Crippen molar-refractivity contribution in [1.29, 1.82) is 0 Å². The number of carbonyl (C=O) groups is 1. The second kappa shape index (κ2) is 5.24. The van der Waals surface area contributed by atoms with Gasteiger partial charge in [-0.05, 0) is 50.5 Å². The summed E-state index contributed by atoms with van der Waals surface area (Å²) >= 11 is 0. The highest BCUT2D eigenvalue weighted by atomic mass is 16.1. The van der Waals surface area contributed by atoms with Crippen molar-refractivity contribution in [2.45, 2.75) is 57.8 Å². The smallest absolute Gasteiger partial charge is 0.245 e. The molecule has 0 unspecified atom stereocenters. The summed E-state index contributed by atoms with van der Waals surface area (Å²) in [7, 11) is 0. The van der Waals surface area contributed by atoms with E-state index in [0.29, 0.717) is 6.42 Å². The van der Waals surface area contributed by atoms with E-state index in [9.17, 15) is 4.79 Å². The molecule has 1 amide bonds. The average molecular weight is 205 g/mol. The highest BCUT2D eigenvalue weighted by Crippen LogP contribution is 2.22. The fourth-order valence-electron chi connectivity index (χ4n) is 2.34. The first kappa shape index (κ1) is 10.6. The Morgan fingerprint density at radius 1 is 0.933 bits per heavy atom. The van der Waals surface area contributed by atoms with Gasteiger partial charge in [-0.15, -0.1) is 0 Å². The van der Waals surface area contributed by atoms with Crippen LogP contribution >= 0.6 is 0 Å². The lowest BCUT2D eigenvalue weighted by atomic mass is 10.0. The number of aliphatic imine (C=N–C) groups is 1. The molecule has 0 saturated heterocycles. The van der Waals surface area contributed by atoms with Crippen LogP contribution in [0.1, 0.15) is 57.8 Å². The van der Waals surface area contributed by atoms with Crippen molar-refractivity contribution in [2.75, 3.05) is 0 Å². The molecule has 15 heavy (non-hydrogen) atoms. The molecule has 0 aromatic rings. The number of carbonyl (C=O) groups excluding carboxylic acids is 1. The van der Waals surface area contributed by atoms with Crippen molar-refractivity contribution in [1.82, 2.24) is 0 Å². The van der Waals surface area contributed by atoms with Crippen LogP contribution in [0.2, 0.25) is 0 Å². The van der Waals surface area contributed by atoms with E-state index in [1.165, 1.54) is 31.3 Å². The van der Waals surface area contributed by atoms with Gasteiger partial charge in [0, 0.05) is 12.1 Å². The minimum Gasteiger partial charge on any atom is -0.273 e. The number of rotatable bonds is 1. The normalized spacial score (nSPS) is 23.9. The lowest BCUT2D eigenvalue weighted by Crippen LogP contribution is -2.04. The van der Waals surface area contributed by atoms with Crippen molar-refractivity contribution in [3.05, 3.63) is 11.6 Å². The molecular formula is C13H19NO. The second-order valence-corrected chi connectivity index (χ2v) is 4.49. The molecule has 0 atom stereocenters. The first-order valence-corrected chi connectivity index (χ1v) is 6.16. The largest absolute Gasteiger partial charge is 0.273 e. The molecule has 2 aliphatic rings. The Balaban J connectivity index is 2.12. The lowest BCUT2D eigenvalue weighted by Gasteiger charge is -2.06. The number of hydrogen-bond donors (Lipinski definition) is 0. The fraction of sp³-hybridized carbons (Fsp3) is 0.692. The van der Waals surface area contributed by atoms with Crippen LogP contribution in [0, 0.1) is 0 Å². The summed E-state index contributed by atoms with van der Waals surface area (Å²) in [6.07, 6.45) is 12.3. The van der Waals surface area contributed by atoms with Crippen molar-refractivity contribution >= 4 is 11.6 Å². The third-order valence-electron chi connectivity index (χ3n) is 3.23. The molecule has 0 N–H and O–H groups in total. The quantitative estimate of drug-likeness (QED) is 0.645. The van der Waals surface area contributed by atoms with Crippen LogP contribution in [-0.4, -0.2) is 11.6 Å². The van der Waals surface area contributed by atoms with Gasteiger partial charge in [-0.3, -0.25) is 4.79 Å². The fourth-order valence-corrected chi connectivity index (χ4v) is 2.34. The van der Waals surface area contributed by atoms with E-state index in [1.54, 1.807) is 0 Å². The molecule has 1 aliphatic heterocycles. The van der Waals surface area contributed by atoms with E-state index in [-0.39, 0.29) is 5.91 Å². The Morgan fingerprint density at radius 3 is 2.67 bits per heavy atom. The molecule has 0 spiro atoms. The zero-order chi connectivity index (χ0) is 10.5. The number of allylic oxidation sites excluding steroid dienone is 2. The van der Waals surface area contributed by atoms with Crippen LogP contribution in [0.3, 0.4) is 0 Å². The number of nitrogens with zero attached hydrogens (tertiary/aromatic N) is 1. The van der Waals surface area contributed by atoms with E-state index >= 15 is 0 Å². The minimum atomic E-state index is 0.0904. The van der Waals surface area contributed by atoms with Gasteiger partial charge in [0.25, 0.3) is 0 Å². The SMILES string of the molecule is O=C1CCCCC(C2=CCCCCC2)=N1. The first-order valence-electron chi connectivity index (χ1n) is 6.16. The molecule has 2 rings (SSSR count). The van der Waals surface area contributed by atoms with Gasteiger partial charge in [-0.25, -0.2) is 4.99 Å². The Bertz CT molecular complexity index is 302. The molecule has 2 heteroatoms. The molecule has 1 heterocycles. The lowest BCUT2D eigenvalue weighted by molar-refractivity contribution is -0.117. The van der Waals surface area contributed by atoms with E-state index in [4.69, 9.17) is 0 Å². The molecule has 0 bridgehead atoms. The first-order chi connectivity index (χ1) is 7.36. The van der Waals surface area contributed by atoms with Crippen molar-refractivity contribution < 1.29 is 4.79 Å². The zero-order valence-corrected chi connectivity index (χ0v) is 9.30. The Kier molecular flexibility index (Phi) is 3.70. The summed E-state index contributed by atoms with van der Waals surface area (Å²) in [5, 5.41) is 0. The van der Waals surface area contributed by atoms with E-state index in [2.05, 4.69) is 11.1 Å². The van der Waals surface area contributed by atoms with Crippen molar-refractivity contribution in [3.63, 3.8) is 0 Å². The maximum Gasteiger partial charge on any atom is 0.245 e. The molecule has 0 radical (unpaired) electrons. The van der Waals surface area contributed by atoms with Gasteiger partial charge < -0.3 is 0 Å². The summed E-state index contributed by atoms with van der Waals surface area (Å²) in [6, 6.07) is 0. The Labute approximate surface area is 91.5 Å². The predicted molar refractivity (Wildman–Crippen MR) is 62.1 cm³/mol. The van der Waals surface area contributed by atoms with Crippen LogP contribution in [0.4, 0.5) is 0 Å². The monoisotopic (exact) mass is 205 g/mol. The minimum absolute atomic E-state index is 0.0904. The van der Waals surface area contributed by atoms with Gasteiger partial charge in [-0.1, -0.05) is 12.5 Å². The van der Waals surface area contributed by atoms with Gasteiger partial charge in [0.2, 0.25) is 5.91 Å². The molecule has 0 aromatic heterocycles. The van der Waals surface area contributed by atoms with Gasteiger partial charge in [0.05, 0.1) is 0 Å². The number of hydrogen-bond acceptors (Lipinski definition) is 1. The van der Waals surface area contributed by atoms with Crippen LogP contribution in [0.5, 0.6) is 0 Å².